The highest BCUT2D eigenvalue weighted by atomic mass is 79.9. The predicted octanol–water partition coefficient (Wildman–Crippen LogP) is 3.32. The molecule has 3 heteroatoms. The highest BCUT2D eigenvalue weighted by Gasteiger charge is 2.33. The van der Waals surface area contributed by atoms with Gasteiger partial charge in [-0.3, -0.25) is 0 Å². The van der Waals surface area contributed by atoms with E-state index in [4.69, 9.17) is 10.5 Å². The monoisotopic (exact) mass is 283 g/mol. The van der Waals surface area contributed by atoms with Gasteiger partial charge in [-0.25, -0.2) is 0 Å². The summed E-state index contributed by atoms with van der Waals surface area (Å²) in [4.78, 5) is 0. The SMILES string of the molecule is COCc1ccc(Br)cc1C1(N)CCCC1. The molecule has 0 aliphatic heterocycles. The van der Waals surface area contributed by atoms with Crippen LogP contribution in [0.1, 0.15) is 36.8 Å². The summed E-state index contributed by atoms with van der Waals surface area (Å²) in [6.45, 7) is 0.640. The average molecular weight is 284 g/mol. The van der Waals surface area contributed by atoms with Gasteiger partial charge >= 0.3 is 0 Å². The zero-order chi connectivity index (χ0) is 11.6. The molecule has 0 bridgehead atoms. The van der Waals surface area contributed by atoms with Crippen molar-refractivity contribution in [2.24, 2.45) is 5.73 Å². The maximum atomic E-state index is 6.50. The molecule has 2 N–H and O–H groups in total. The minimum absolute atomic E-state index is 0.141. The number of benzene rings is 1. The summed E-state index contributed by atoms with van der Waals surface area (Å²) < 4.78 is 6.34. The Morgan fingerprint density at radius 3 is 2.69 bits per heavy atom. The van der Waals surface area contributed by atoms with Gasteiger partial charge in [0.2, 0.25) is 0 Å². The van der Waals surface area contributed by atoms with Crippen LogP contribution in [0.25, 0.3) is 0 Å². The van der Waals surface area contributed by atoms with Crippen molar-refractivity contribution in [2.45, 2.75) is 37.8 Å². The quantitative estimate of drug-likeness (QED) is 0.924. The molecule has 0 heterocycles. The maximum Gasteiger partial charge on any atom is 0.0716 e. The van der Waals surface area contributed by atoms with E-state index >= 15 is 0 Å². The summed E-state index contributed by atoms with van der Waals surface area (Å²) >= 11 is 3.52. The Kier molecular flexibility index (Phi) is 3.67. The molecule has 88 valence electrons. The minimum atomic E-state index is -0.141. The van der Waals surface area contributed by atoms with E-state index in [1.807, 2.05) is 0 Å². The van der Waals surface area contributed by atoms with E-state index in [0.717, 1.165) is 17.3 Å². The molecule has 0 spiro atoms. The zero-order valence-corrected chi connectivity index (χ0v) is 11.2. The Hall–Kier alpha value is -0.380. The first-order valence-electron chi connectivity index (χ1n) is 5.72. The maximum absolute atomic E-state index is 6.50. The molecule has 2 rings (SSSR count). The molecule has 2 nitrogen and oxygen atoms in total. The van der Waals surface area contributed by atoms with Crippen LogP contribution in [0.2, 0.25) is 0 Å². The summed E-state index contributed by atoms with van der Waals surface area (Å²) in [5.41, 5.74) is 8.83. The van der Waals surface area contributed by atoms with E-state index in [-0.39, 0.29) is 5.54 Å². The highest BCUT2D eigenvalue weighted by molar-refractivity contribution is 9.10. The fourth-order valence-corrected chi connectivity index (χ4v) is 2.93. The summed E-state index contributed by atoms with van der Waals surface area (Å²) in [5, 5.41) is 0. The van der Waals surface area contributed by atoms with Crippen molar-refractivity contribution in [3.63, 3.8) is 0 Å². The number of ether oxygens (including phenoxy) is 1. The number of hydrogen-bond donors (Lipinski definition) is 1. The van der Waals surface area contributed by atoms with Crippen molar-refractivity contribution in [3.05, 3.63) is 33.8 Å². The van der Waals surface area contributed by atoms with E-state index < -0.39 is 0 Å². The largest absolute Gasteiger partial charge is 0.380 e. The lowest BCUT2D eigenvalue weighted by molar-refractivity contribution is 0.182. The first-order chi connectivity index (χ1) is 7.65. The molecule has 1 aliphatic carbocycles. The first kappa shape index (κ1) is 12.1. The number of halogens is 1. The molecule has 0 atom stereocenters. The molecule has 0 aromatic heterocycles. The van der Waals surface area contributed by atoms with E-state index in [2.05, 4.69) is 34.1 Å². The van der Waals surface area contributed by atoms with Crippen LogP contribution in [0, 0.1) is 0 Å². The molecule has 16 heavy (non-hydrogen) atoms. The summed E-state index contributed by atoms with van der Waals surface area (Å²) in [6, 6.07) is 6.31. The third-order valence-electron chi connectivity index (χ3n) is 3.40. The molecular weight excluding hydrogens is 266 g/mol. The van der Waals surface area contributed by atoms with Crippen molar-refractivity contribution in [1.82, 2.24) is 0 Å². The minimum Gasteiger partial charge on any atom is -0.380 e. The van der Waals surface area contributed by atoms with Crippen LogP contribution in [0.4, 0.5) is 0 Å². The van der Waals surface area contributed by atoms with Gasteiger partial charge < -0.3 is 10.5 Å². The fourth-order valence-electron chi connectivity index (χ4n) is 2.57. The third-order valence-corrected chi connectivity index (χ3v) is 3.90. The van der Waals surface area contributed by atoms with Crippen LogP contribution in [-0.4, -0.2) is 7.11 Å². The molecule has 1 aromatic rings. The topological polar surface area (TPSA) is 35.2 Å². The second-order valence-electron chi connectivity index (χ2n) is 4.60. The van der Waals surface area contributed by atoms with Gasteiger partial charge in [0.15, 0.2) is 0 Å². The van der Waals surface area contributed by atoms with Gasteiger partial charge in [0.1, 0.15) is 0 Å². The Labute approximate surface area is 105 Å². The van der Waals surface area contributed by atoms with Crippen molar-refractivity contribution in [1.29, 1.82) is 0 Å². The van der Waals surface area contributed by atoms with Crippen molar-refractivity contribution in [2.75, 3.05) is 7.11 Å². The first-order valence-corrected chi connectivity index (χ1v) is 6.52. The fraction of sp³-hybridized carbons (Fsp3) is 0.538. The van der Waals surface area contributed by atoms with Gasteiger partial charge in [0, 0.05) is 17.1 Å². The molecule has 0 unspecified atom stereocenters. The third kappa shape index (κ3) is 2.31. The Bertz CT molecular complexity index is 372. The van der Waals surface area contributed by atoms with Crippen LogP contribution in [0.15, 0.2) is 22.7 Å². The summed E-state index contributed by atoms with van der Waals surface area (Å²) in [7, 11) is 1.73. The number of rotatable bonds is 3. The molecule has 1 fully saturated rings. The van der Waals surface area contributed by atoms with Crippen LogP contribution in [0.5, 0.6) is 0 Å². The molecule has 1 aromatic carbocycles. The van der Waals surface area contributed by atoms with Crippen LogP contribution >= 0.6 is 15.9 Å². The molecule has 0 radical (unpaired) electrons. The van der Waals surface area contributed by atoms with E-state index in [9.17, 15) is 0 Å². The van der Waals surface area contributed by atoms with Gasteiger partial charge in [-0.1, -0.05) is 34.8 Å². The predicted molar refractivity (Wildman–Crippen MR) is 69.2 cm³/mol. The Balaban J connectivity index is 2.40. The van der Waals surface area contributed by atoms with Crippen LogP contribution in [-0.2, 0) is 16.9 Å². The lowest BCUT2D eigenvalue weighted by Crippen LogP contribution is -2.34. The second kappa shape index (κ2) is 4.86. The zero-order valence-electron chi connectivity index (χ0n) is 9.63. The Morgan fingerprint density at radius 2 is 2.06 bits per heavy atom. The van der Waals surface area contributed by atoms with Gasteiger partial charge in [0.25, 0.3) is 0 Å². The van der Waals surface area contributed by atoms with E-state index in [0.29, 0.717) is 6.61 Å². The summed E-state index contributed by atoms with van der Waals surface area (Å²) in [6.07, 6.45) is 4.63. The standard InChI is InChI=1S/C13H18BrNO/c1-16-9-10-4-5-11(14)8-12(10)13(15)6-2-3-7-13/h4-5,8H,2-3,6-7,9,15H2,1H3. The molecule has 0 saturated heterocycles. The van der Waals surface area contributed by atoms with Crippen LogP contribution < -0.4 is 5.73 Å². The van der Waals surface area contributed by atoms with Crippen molar-refractivity contribution < 1.29 is 4.74 Å². The smallest absolute Gasteiger partial charge is 0.0716 e. The molecule has 1 saturated carbocycles. The number of nitrogens with two attached hydrogens (primary N) is 1. The lowest BCUT2D eigenvalue weighted by Gasteiger charge is -2.27. The van der Waals surface area contributed by atoms with E-state index in [1.165, 1.54) is 24.0 Å². The Morgan fingerprint density at radius 1 is 1.38 bits per heavy atom. The van der Waals surface area contributed by atoms with Crippen LogP contribution in [0.3, 0.4) is 0 Å². The second-order valence-corrected chi connectivity index (χ2v) is 5.51. The van der Waals surface area contributed by atoms with Gasteiger partial charge in [0.05, 0.1) is 6.61 Å². The average Bonchev–Trinajstić information content (AvgIpc) is 2.69. The van der Waals surface area contributed by atoms with Gasteiger partial charge in [-0.2, -0.15) is 0 Å². The molecule has 0 amide bonds. The number of methoxy groups -OCH3 is 1. The van der Waals surface area contributed by atoms with Gasteiger partial charge in [-0.05, 0) is 36.1 Å². The summed E-state index contributed by atoms with van der Waals surface area (Å²) in [5.74, 6) is 0. The molecular formula is C13H18BrNO. The number of hydrogen-bond acceptors (Lipinski definition) is 2. The lowest BCUT2D eigenvalue weighted by atomic mass is 9.86. The normalized spacial score (nSPS) is 18.9. The highest BCUT2D eigenvalue weighted by Crippen LogP contribution is 2.39. The van der Waals surface area contributed by atoms with Crippen molar-refractivity contribution >= 4 is 15.9 Å². The van der Waals surface area contributed by atoms with Gasteiger partial charge in [-0.15, -0.1) is 0 Å². The van der Waals surface area contributed by atoms with E-state index in [1.54, 1.807) is 7.11 Å². The van der Waals surface area contributed by atoms with Crippen molar-refractivity contribution in [3.8, 4) is 0 Å². The molecule has 1 aliphatic rings.